The van der Waals surface area contributed by atoms with E-state index in [4.69, 9.17) is 0 Å². The normalized spacial score (nSPS) is 19.1. The van der Waals surface area contributed by atoms with E-state index in [0.29, 0.717) is 44.2 Å². The molecule has 0 radical (unpaired) electrons. The van der Waals surface area contributed by atoms with Crippen LogP contribution in [-0.2, 0) is 10.0 Å². The first-order valence-electron chi connectivity index (χ1n) is 13.8. The summed E-state index contributed by atoms with van der Waals surface area (Å²) in [5.74, 6) is 0.267. The van der Waals surface area contributed by atoms with E-state index >= 15 is 0 Å². The third kappa shape index (κ3) is 7.89. The second kappa shape index (κ2) is 14.8. The van der Waals surface area contributed by atoms with Gasteiger partial charge in [-0.25, -0.2) is 31.5 Å². The number of nitrogens with zero attached hydrogens (tertiary/aromatic N) is 7. The molecule has 0 aromatic carbocycles. The quantitative estimate of drug-likeness (QED) is 0.391. The maximum Gasteiger partial charge on any atom is 0.269 e. The number of sulfonamides is 1. The Hall–Kier alpha value is -2.91. The van der Waals surface area contributed by atoms with Gasteiger partial charge in [-0.15, -0.1) is 5.10 Å². The average Bonchev–Trinajstić information content (AvgIpc) is 3.66. The fourth-order valence-corrected chi connectivity index (χ4v) is 6.43. The SMILES string of the molecule is CC.CC.CS(=O)(=O)N1CCC(Nc2ncc3cc(C(F)F)c(=O)n(C4CCC/C4=C\Sn4cncn4)c3n2)CC1. The molecule has 2 aliphatic rings. The van der Waals surface area contributed by atoms with E-state index in [1.807, 2.05) is 33.1 Å². The highest BCUT2D eigenvalue weighted by atomic mass is 32.2. The number of nitrogens with one attached hydrogen (secondary N) is 1. The second-order valence-corrected chi connectivity index (χ2v) is 11.9. The third-order valence-corrected chi connectivity index (χ3v) is 8.80. The van der Waals surface area contributed by atoms with Crippen molar-refractivity contribution < 1.29 is 17.2 Å². The number of allylic oxidation sites excluding steroid dienone is 1. The van der Waals surface area contributed by atoms with Crippen molar-refractivity contribution in [2.75, 3.05) is 24.7 Å². The molecular weight excluding hydrogens is 574 g/mol. The van der Waals surface area contributed by atoms with Gasteiger partial charge >= 0.3 is 0 Å². The zero-order valence-electron chi connectivity index (χ0n) is 24.0. The Balaban J connectivity index is 0.00000111. The number of hydrogen-bond donors (Lipinski definition) is 1. The molecule has 15 heteroatoms. The van der Waals surface area contributed by atoms with E-state index < -0.39 is 33.6 Å². The number of anilines is 1. The van der Waals surface area contributed by atoms with Crippen molar-refractivity contribution in [2.45, 2.75) is 78.3 Å². The molecule has 1 saturated carbocycles. The maximum absolute atomic E-state index is 13.8. The van der Waals surface area contributed by atoms with Gasteiger partial charge in [0.25, 0.3) is 12.0 Å². The van der Waals surface area contributed by atoms with Crippen molar-refractivity contribution in [1.29, 1.82) is 0 Å². The Morgan fingerprint density at radius 3 is 2.46 bits per heavy atom. The van der Waals surface area contributed by atoms with Crippen molar-refractivity contribution >= 4 is 39.0 Å². The van der Waals surface area contributed by atoms with Gasteiger partial charge in [-0.1, -0.05) is 27.7 Å². The Morgan fingerprint density at radius 2 is 1.85 bits per heavy atom. The van der Waals surface area contributed by atoms with E-state index in [-0.39, 0.29) is 17.6 Å². The van der Waals surface area contributed by atoms with Crippen molar-refractivity contribution in [2.24, 2.45) is 0 Å². The fourth-order valence-electron chi connectivity index (χ4n) is 4.83. The molecule has 1 saturated heterocycles. The molecule has 0 amide bonds. The van der Waals surface area contributed by atoms with Gasteiger partial charge in [0.15, 0.2) is 0 Å². The maximum atomic E-state index is 13.8. The summed E-state index contributed by atoms with van der Waals surface area (Å²) in [6.07, 6.45) is 5.94. The number of fused-ring (bicyclic) bond motifs is 1. The van der Waals surface area contributed by atoms with Crippen molar-refractivity contribution in [3.63, 3.8) is 0 Å². The third-order valence-electron chi connectivity index (χ3n) is 6.68. The molecule has 1 aliphatic carbocycles. The first-order valence-corrected chi connectivity index (χ1v) is 16.5. The molecule has 3 aromatic rings. The predicted molar refractivity (Wildman–Crippen MR) is 158 cm³/mol. The van der Waals surface area contributed by atoms with E-state index in [1.165, 1.54) is 39.6 Å². The Labute approximate surface area is 243 Å². The van der Waals surface area contributed by atoms with Gasteiger partial charge in [0.2, 0.25) is 16.0 Å². The lowest BCUT2D eigenvalue weighted by molar-refractivity contribution is 0.149. The predicted octanol–water partition coefficient (Wildman–Crippen LogP) is 5.01. The first kappa shape index (κ1) is 32.6. The average molecular weight is 613 g/mol. The van der Waals surface area contributed by atoms with Gasteiger partial charge in [0, 0.05) is 42.7 Å². The number of rotatable bonds is 7. The topological polar surface area (TPSA) is 128 Å². The van der Waals surface area contributed by atoms with Gasteiger partial charge in [-0.3, -0.25) is 9.36 Å². The van der Waals surface area contributed by atoms with E-state index in [1.54, 1.807) is 10.4 Å². The van der Waals surface area contributed by atoms with Crippen LogP contribution in [0.5, 0.6) is 0 Å². The van der Waals surface area contributed by atoms with Crippen LogP contribution < -0.4 is 10.9 Å². The second-order valence-electron chi connectivity index (χ2n) is 9.13. The Morgan fingerprint density at radius 1 is 1.15 bits per heavy atom. The van der Waals surface area contributed by atoms with Crippen LogP contribution in [-0.4, -0.2) is 66.8 Å². The molecule has 4 heterocycles. The molecule has 1 unspecified atom stereocenters. The Bertz CT molecular complexity index is 1470. The molecule has 226 valence electrons. The highest BCUT2D eigenvalue weighted by molar-refractivity contribution is 8.00. The molecule has 1 aliphatic heterocycles. The van der Waals surface area contributed by atoms with Gasteiger partial charge in [-0.2, -0.15) is 9.07 Å². The smallest absolute Gasteiger partial charge is 0.269 e. The summed E-state index contributed by atoms with van der Waals surface area (Å²) >= 11 is 1.30. The number of alkyl halides is 2. The summed E-state index contributed by atoms with van der Waals surface area (Å²) in [6, 6.07) is 0.679. The number of aromatic nitrogens is 6. The van der Waals surface area contributed by atoms with Crippen LogP contribution in [0.3, 0.4) is 0 Å². The minimum atomic E-state index is -3.25. The number of piperidine rings is 1. The van der Waals surface area contributed by atoms with Crippen LogP contribution >= 0.6 is 11.9 Å². The number of pyridine rings is 1. The zero-order chi connectivity index (χ0) is 30.2. The van der Waals surface area contributed by atoms with E-state index in [2.05, 4.69) is 25.4 Å². The van der Waals surface area contributed by atoms with E-state index in [9.17, 15) is 22.0 Å². The minimum Gasteiger partial charge on any atom is -0.351 e. The van der Waals surface area contributed by atoms with E-state index in [0.717, 1.165) is 18.1 Å². The van der Waals surface area contributed by atoms with Crippen LogP contribution in [0.25, 0.3) is 11.0 Å². The standard InChI is InChI=1S/C22H26F2N8O3S2.2C2H6/c1-37(34,35)30-7-5-16(6-8-30)28-22-26-10-15-9-17(19(23)24)21(33)32(20(15)29-22)18-4-2-3-14(18)11-36-31-13-25-12-27-31;2*1-2/h9-13,16,18-19H,2-8H2,1H3,(H,26,28,29);2*1-2H3/b14-11+;;. The fraction of sp³-hybridized carbons (Fsp3) is 0.577. The van der Waals surface area contributed by atoms with Crippen LogP contribution in [0.4, 0.5) is 14.7 Å². The van der Waals surface area contributed by atoms with Crippen molar-refractivity contribution in [3.05, 3.63) is 51.8 Å². The van der Waals surface area contributed by atoms with Gasteiger partial charge < -0.3 is 5.32 Å². The minimum absolute atomic E-state index is 0.0584. The summed E-state index contributed by atoms with van der Waals surface area (Å²) in [7, 11) is -3.25. The molecule has 5 rings (SSSR count). The lowest BCUT2D eigenvalue weighted by Gasteiger charge is -2.30. The summed E-state index contributed by atoms with van der Waals surface area (Å²) in [5.41, 5.74) is -0.141. The molecule has 11 nitrogen and oxygen atoms in total. The summed E-state index contributed by atoms with van der Waals surface area (Å²) < 4.78 is 55.6. The highest BCUT2D eigenvalue weighted by Crippen LogP contribution is 2.38. The number of hydrogen-bond acceptors (Lipinski definition) is 9. The van der Waals surface area contributed by atoms with Gasteiger partial charge in [-0.05, 0) is 49.2 Å². The molecule has 41 heavy (non-hydrogen) atoms. The molecule has 0 spiro atoms. The molecule has 3 aromatic heterocycles. The van der Waals surface area contributed by atoms with Crippen LogP contribution in [0.2, 0.25) is 0 Å². The summed E-state index contributed by atoms with van der Waals surface area (Å²) in [6.45, 7) is 8.76. The van der Waals surface area contributed by atoms with Crippen molar-refractivity contribution in [1.82, 2.24) is 33.0 Å². The summed E-state index contributed by atoms with van der Waals surface area (Å²) in [4.78, 5) is 26.1. The highest BCUT2D eigenvalue weighted by Gasteiger charge is 2.29. The summed E-state index contributed by atoms with van der Waals surface area (Å²) in [5, 5.41) is 9.52. The molecule has 1 atom stereocenters. The van der Waals surface area contributed by atoms with Crippen LogP contribution in [0.15, 0.2) is 40.7 Å². The largest absolute Gasteiger partial charge is 0.351 e. The molecule has 1 N–H and O–H groups in total. The molecule has 2 fully saturated rings. The lowest BCUT2D eigenvalue weighted by Crippen LogP contribution is -2.42. The first-order chi connectivity index (χ1) is 19.7. The van der Waals surface area contributed by atoms with Gasteiger partial charge in [0.05, 0.1) is 17.9 Å². The monoisotopic (exact) mass is 612 g/mol. The zero-order valence-corrected chi connectivity index (χ0v) is 25.6. The lowest BCUT2D eigenvalue weighted by atomic mass is 10.1. The van der Waals surface area contributed by atoms with Gasteiger partial charge in [0.1, 0.15) is 18.3 Å². The van der Waals surface area contributed by atoms with Crippen LogP contribution in [0.1, 0.15) is 77.8 Å². The number of halogens is 2. The Kier molecular flexibility index (Phi) is 11.8. The van der Waals surface area contributed by atoms with Crippen molar-refractivity contribution in [3.8, 4) is 0 Å². The molecular formula is C26H38F2N8O3S2. The molecule has 0 bridgehead atoms. The van der Waals surface area contributed by atoms with Crippen LogP contribution in [0, 0.1) is 0 Å².